The molecule has 0 unspecified atom stereocenters. The standard InChI is InChI=1S/C21H19F3O3/c1-13-4-8-17(12-14(13)2)20(26)15(3)27-19(25)11-7-16-5-9-18(10-6-16)21(22,23)24/h4-12,15H,1-3H3/b11-7+/t15-/m1/s1. The number of Topliss-reactive ketones (excluding diaryl/α,β-unsaturated/α-hetero) is 1. The third kappa shape index (κ3) is 5.54. The average molecular weight is 376 g/mol. The number of ketones is 1. The van der Waals surface area contributed by atoms with Crippen LogP contribution in [0.25, 0.3) is 6.08 Å². The minimum Gasteiger partial charge on any atom is -0.451 e. The number of ether oxygens (including phenoxy) is 1. The van der Waals surface area contributed by atoms with Crippen LogP contribution in [-0.2, 0) is 15.7 Å². The molecule has 0 aliphatic heterocycles. The first kappa shape index (κ1) is 20.4. The largest absolute Gasteiger partial charge is 0.451 e. The Labute approximate surface area is 155 Å². The number of carbonyl (C=O) groups excluding carboxylic acids is 2. The fourth-order valence-corrected chi connectivity index (χ4v) is 2.34. The van der Waals surface area contributed by atoms with Crippen molar-refractivity contribution in [2.45, 2.75) is 33.1 Å². The second kappa shape index (κ2) is 8.20. The van der Waals surface area contributed by atoms with Crippen LogP contribution in [0.3, 0.4) is 0 Å². The second-order valence-electron chi connectivity index (χ2n) is 6.20. The number of hydrogen-bond acceptors (Lipinski definition) is 3. The van der Waals surface area contributed by atoms with Gasteiger partial charge in [0.25, 0.3) is 0 Å². The van der Waals surface area contributed by atoms with Crippen molar-refractivity contribution in [1.29, 1.82) is 0 Å². The summed E-state index contributed by atoms with van der Waals surface area (Å²) in [7, 11) is 0. The summed E-state index contributed by atoms with van der Waals surface area (Å²) in [5.41, 5.74) is 2.10. The Morgan fingerprint density at radius 3 is 2.19 bits per heavy atom. The van der Waals surface area contributed by atoms with Gasteiger partial charge < -0.3 is 4.74 Å². The minimum absolute atomic E-state index is 0.325. The van der Waals surface area contributed by atoms with Crippen LogP contribution >= 0.6 is 0 Å². The summed E-state index contributed by atoms with van der Waals surface area (Å²) in [5.74, 6) is -1.08. The number of aryl methyl sites for hydroxylation is 2. The van der Waals surface area contributed by atoms with Crippen LogP contribution in [0.1, 0.15) is 39.5 Å². The highest BCUT2D eigenvalue weighted by Gasteiger charge is 2.29. The molecule has 0 aromatic heterocycles. The molecule has 0 spiro atoms. The highest BCUT2D eigenvalue weighted by Crippen LogP contribution is 2.29. The van der Waals surface area contributed by atoms with Gasteiger partial charge in [-0.25, -0.2) is 4.79 Å². The molecule has 1 atom stereocenters. The lowest BCUT2D eigenvalue weighted by atomic mass is 10.0. The third-order valence-electron chi connectivity index (χ3n) is 4.10. The SMILES string of the molecule is Cc1ccc(C(=O)[C@@H](C)OC(=O)/C=C/c2ccc(C(F)(F)F)cc2)cc1C. The molecule has 0 aliphatic carbocycles. The second-order valence-corrected chi connectivity index (χ2v) is 6.20. The van der Waals surface area contributed by atoms with E-state index in [1.165, 1.54) is 25.1 Å². The molecular weight excluding hydrogens is 357 g/mol. The topological polar surface area (TPSA) is 43.4 Å². The van der Waals surface area contributed by atoms with Crippen molar-refractivity contribution in [3.63, 3.8) is 0 Å². The van der Waals surface area contributed by atoms with E-state index >= 15 is 0 Å². The summed E-state index contributed by atoms with van der Waals surface area (Å²) in [4.78, 5) is 24.2. The van der Waals surface area contributed by atoms with Crippen molar-refractivity contribution in [2.75, 3.05) is 0 Å². The number of hydrogen-bond donors (Lipinski definition) is 0. The normalized spacial score (nSPS) is 12.8. The Kier molecular flexibility index (Phi) is 6.20. The van der Waals surface area contributed by atoms with Crippen LogP contribution in [0.15, 0.2) is 48.5 Å². The first-order valence-corrected chi connectivity index (χ1v) is 8.25. The lowest BCUT2D eigenvalue weighted by molar-refractivity contribution is -0.140. The van der Waals surface area contributed by atoms with Crippen molar-refractivity contribution >= 4 is 17.8 Å². The Balaban J connectivity index is 1.98. The highest BCUT2D eigenvalue weighted by molar-refractivity contribution is 6.01. The molecule has 0 aliphatic rings. The lowest BCUT2D eigenvalue weighted by Crippen LogP contribution is -2.23. The van der Waals surface area contributed by atoms with E-state index < -0.39 is 23.8 Å². The first-order chi connectivity index (χ1) is 12.6. The molecule has 0 saturated heterocycles. The Morgan fingerprint density at radius 1 is 1.00 bits per heavy atom. The van der Waals surface area contributed by atoms with Gasteiger partial charge in [0, 0.05) is 11.6 Å². The molecule has 2 rings (SSSR count). The number of rotatable bonds is 5. The van der Waals surface area contributed by atoms with Crippen molar-refractivity contribution in [3.05, 3.63) is 76.4 Å². The molecule has 6 heteroatoms. The van der Waals surface area contributed by atoms with Crippen molar-refractivity contribution in [2.24, 2.45) is 0 Å². The first-order valence-electron chi connectivity index (χ1n) is 8.25. The number of carbonyl (C=O) groups is 2. The van der Waals surface area contributed by atoms with Gasteiger partial charge in [-0.05, 0) is 61.7 Å². The van der Waals surface area contributed by atoms with Gasteiger partial charge in [0.1, 0.15) is 0 Å². The Bertz CT molecular complexity index is 865. The Morgan fingerprint density at radius 2 is 1.63 bits per heavy atom. The van der Waals surface area contributed by atoms with Gasteiger partial charge in [-0.2, -0.15) is 13.2 Å². The van der Waals surface area contributed by atoms with Gasteiger partial charge in [-0.1, -0.05) is 24.3 Å². The predicted octanol–water partition coefficient (Wildman–Crippen LogP) is 5.15. The van der Waals surface area contributed by atoms with E-state index in [0.29, 0.717) is 11.1 Å². The molecule has 142 valence electrons. The number of alkyl halides is 3. The molecular formula is C21H19F3O3. The summed E-state index contributed by atoms with van der Waals surface area (Å²) in [5, 5.41) is 0. The maximum atomic E-state index is 12.5. The number of esters is 1. The molecule has 0 bridgehead atoms. The maximum absolute atomic E-state index is 12.5. The van der Waals surface area contributed by atoms with Gasteiger partial charge in [0.15, 0.2) is 6.10 Å². The molecule has 0 saturated carbocycles. The molecule has 2 aromatic carbocycles. The minimum atomic E-state index is -4.41. The van der Waals surface area contributed by atoms with Crippen LogP contribution in [-0.4, -0.2) is 17.9 Å². The van der Waals surface area contributed by atoms with E-state index in [-0.39, 0.29) is 5.78 Å². The molecule has 3 nitrogen and oxygen atoms in total. The summed E-state index contributed by atoms with van der Waals surface area (Å²) in [6, 6.07) is 9.58. The van der Waals surface area contributed by atoms with Crippen LogP contribution in [0.4, 0.5) is 13.2 Å². The van der Waals surface area contributed by atoms with E-state index in [4.69, 9.17) is 4.74 Å². The van der Waals surface area contributed by atoms with Crippen LogP contribution in [0, 0.1) is 13.8 Å². The third-order valence-corrected chi connectivity index (χ3v) is 4.10. The maximum Gasteiger partial charge on any atom is 0.416 e. The summed E-state index contributed by atoms with van der Waals surface area (Å²) < 4.78 is 42.6. The van der Waals surface area contributed by atoms with Gasteiger partial charge in [0.05, 0.1) is 5.56 Å². The van der Waals surface area contributed by atoms with Crippen LogP contribution in [0.2, 0.25) is 0 Å². The zero-order valence-electron chi connectivity index (χ0n) is 15.1. The molecule has 27 heavy (non-hydrogen) atoms. The molecule has 0 radical (unpaired) electrons. The molecule has 0 fully saturated rings. The molecule has 0 heterocycles. The number of benzene rings is 2. The fourth-order valence-electron chi connectivity index (χ4n) is 2.34. The van der Waals surface area contributed by atoms with Crippen molar-refractivity contribution in [3.8, 4) is 0 Å². The van der Waals surface area contributed by atoms with E-state index in [1.807, 2.05) is 19.9 Å². The fraction of sp³-hybridized carbons (Fsp3) is 0.238. The summed E-state index contributed by atoms with van der Waals surface area (Å²) >= 11 is 0. The summed E-state index contributed by atoms with van der Waals surface area (Å²) in [6.45, 7) is 5.29. The van der Waals surface area contributed by atoms with E-state index in [1.54, 1.807) is 12.1 Å². The lowest BCUT2D eigenvalue weighted by Gasteiger charge is -2.12. The van der Waals surface area contributed by atoms with Crippen molar-refractivity contribution in [1.82, 2.24) is 0 Å². The van der Waals surface area contributed by atoms with Gasteiger partial charge in [-0.15, -0.1) is 0 Å². The zero-order chi connectivity index (χ0) is 20.2. The monoisotopic (exact) mass is 376 g/mol. The molecule has 0 amide bonds. The van der Waals surface area contributed by atoms with Gasteiger partial charge in [-0.3, -0.25) is 4.79 Å². The molecule has 2 aromatic rings. The van der Waals surface area contributed by atoms with E-state index in [0.717, 1.165) is 29.3 Å². The predicted molar refractivity (Wildman–Crippen MR) is 96.3 cm³/mol. The zero-order valence-corrected chi connectivity index (χ0v) is 15.1. The van der Waals surface area contributed by atoms with Crippen molar-refractivity contribution < 1.29 is 27.5 Å². The van der Waals surface area contributed by atoms with Gasteiger partial charge >= 0.3 is 12.1 Å². The quantitative estimate of drug-likeness (QED) is 0.412. The summed E-state index contributed by atoms with van der Waals surface area (Å²) in [6.07, 6.45) is -2.98. The Hall–Kier alpha value is -2.89. The number of halogens is 3. The highest BCUT2D eigenvalue weighted by atomic mass is 19.4. The van der Waals surface area contributed by atoms with E-state index in [9.17, 15) is 22.8 Å². The van der Waals surface area contributed by atoms with E-state index in [2.05, 4.69) is 0 Å². The van der Waals surface area contributed by atoms with Crippen LogP contribution in [0.5, 0.6) is 0 Å². The van der Waals surface area contributed by atoms with Gasteiger partial charge in [0.2, 0.25) is 5.78 Å². The smallest absolute Gasteiger partial charge is 0.416 e. The average Bonchev–Trinajstić information content (AvgIpc) is 2.61. The molecule has 0 N–H and O–H groups in total. The van der Waals surface area contributed by atoms with Crippen LogP contribution < -0.4 is 0 Å².